The Bertz CT molecular complexity index is 594. The molecule has 4 heteroatoms. The number of hydrogen-bond acceptors (Lipinski definition) is 2. The van der Waals surface area contributed by atoms with Gasteiger partial charge in [0.1, 0.15) is 0 Å². The molecular weight excluding hydrogens is 262 g/mol. The second-order valence-electron chi connectivity index (χ2n) is 5.17. The lowest BCUT2D eigenvalue weighted by atomic mass is 9.82. The van der Waals surface area contributed by atoms with Gasteiger partial charge in [0.05, 0.1) is 22.5 Å². The normalized spacial score (nSPS) is 26.4. The van der Waals surface area contributed by atoms with Gasteiger partial charge >= 0.3 is 0 Å². The number of para-hydroxylation sites is 1. The monoisotopic (exact) mass is 275 g/mol. The minimum Gasteiger partial charge on any atom is -0.274 e. The van der Waals surface area contributed by atoms with Gasteiger partial charge in [0.15, 0.2) is 0 Å². The predicted octanol–water partition coefficient (Wildman–Crippen LogP) is 3.19. The van der Waals surface area contributed by atoms with Gasteiger partial charge in [-0.3, -0.25) is 9.59 Å². The lowest BCUT2D eigenvalue weighted by molar-refractivity contribution is -0.122. The van der Waals surface area contributed by atoms with Gasteiger partial charge in [0, 0.05) is 0 Å². The lowest BCUT2D eigenvalue weighted by Crippen LogP contribution is -2.31. The number of imide groups is 1. The number of rotatable bonds is 1. The molecule has 1 aliphatic heterocycles. The molecule has 19 heavy (non-hydrogen) atoms. The molecule has 1 aromatic rings. The summed E-state index contributed by atoms with van der Waals surface area (Å²) < 4.78 is 0. The summed E-state index contributed by atoms with van der Waals surface area (Å²) >= 11 is 6.10. The van der Waals surface area contributed by atoms with Crippen molar-refractivity contribution in [2.45, 2.75) is 19.8 Å². The number of fused-ring (bicyclic) bond motifs is 1. The quantitative estimate of drug-likeness (QED) is 0.583. The first-order valence-electron chi connectivity index (χ1n) is 6.37. The summed E-state index contributed by atoms with van der Waals surface area (Å²) in [5, 5.41) is 0.438. The molecule has 0 aromatic heterocycles. The number of anilines is 1. The molecule has 0 bridgehead atoms. The molecular formula is C15H14ClNO2. The van der Waals surface area contributed by atoms with Crippen molar-refractivity contribution in [1.29, 1.82) is 0 Å². The van der Waals surface area contributed by atoms with Crippen LogP contribution in [0.25, 0.3) is 0 Å². The molecule has 2 aliphatic rings. The molecule has 98 valence electrons. The summed E-state index contributed by atoms with van der Waals surface area (Å²) in [4.78, 5) is 26.2. The first kappa shape index (κ1) is 12.4. The summed E-state index contributed by atoms with van der Waals surface area (Å²) in [6, 6.07) is 6.99. The van der Waals surface area contributed by atoms with Crippen molar-refractivity contribution in [3.63, 3.8) is 0 Å². The fourth-order valence-corrected chi connectivity index (χ4v) is 3.13. The standard InChI is InChI=1S/C15H14ClNO2/c1-9-6-7-10-11(8-9)15(19)17(14(10)18)13-5-3-2-4-12(13)16/h2-6,10-11H,7-8H2,1H3. The minimum atomic E-state index is -0.215. The van der Waals surface area contributed by atoms with Gasteiger partial charge in [0.25, 0.3) is 0 Å². The van der Waals surface area contributed by atoms with Crippen LogP contribution in [0.4, 0.5) is 5.69 Å². The highest BCUT2D eigenvalue weighted by atomic mass is 35.5. The summed E-state index contributed by atoms with van der Waals surface area (Å²) in [6.45, 7) is 2.01. The second-order valence-corrected chi connectivity index (χ2v) is 5.57. The molecule has 0 radical (unpaired) electrons. The number of carbonyl (C=O) groups excluding carboxylic acids is 2. The van der Waals surface area contributed by atoms with Gasteiger partial charge in [-0.1, -0.05) is 35.4 Å². The Morgan fingerprint density at radius 1 is 1.16 bits per heavy atom. The van der Waals surface area contributed by atoms with Crippen LogP contribution in [0.2, 0.25) is 5.02 Å². The van der Waals surface area contributed by atoms with Crippen molar-refractivity contribution in [3.05, 3.63) is 40.9 Å². The number of benzene rings is 1. The number of halogens is 1. The van der Waals surface area contributed by atoms with E-state index in [1.165, 1.54) is 10.5 Å². The van der Waals surface area contributed by atoms with Crippen LogP contribution in [0.1, 0.15) is 19.8 Å². The Balaban J connectivity index is 2.00. The van der Waals surface area contributed by atoms with Crippen molar-refractivity contribution in [2.75, 3.05) is 4.90 Å². The molecule has 3 nitrogen and oxygen atoms in total. The number of amides is 2. The van der Waals surface area contributed by atoms with Gasteiger partial charge in [-0.05, 0) is 31.9 Å². The fraction of sp³-hybridized carbons (Fsp3) is 0.333. The molecule has 3 rings (SSSR count). The number of nitrogens with zero attached hydrogens (tertiary/aromatic N) is 1. The predicted molar refractivity (Wildman–Crippen MR) is 73.9 cm³/mol. The Morgan fingerprint density at radius 3 is 2.58 bits per heavy atom. The van der Waals surface area contributed by atoms with Crippen LogP contribution in [0.15, 0.2) is 35.9 Å². The molecule has 2 atom stereocenters. The van der Waals surface area contributed by atoms with Gasteiger partial charge in [-0.15, -0.1) is 0 Å². The SMILES string of the molecule is CC1=CCC2C(=O)N(c3ccccc3Cl)C(=O)C2C1. The lowest BCUT2D eigenvalue weighted by Gasteiger charge is -2.18. The molecule has 0 spiro atoms. The topological polar surface area (TPSA) is 37.4 Å². The highest BCUT2D eigenvalue weighted by Gasteiger charge is 2.48. The fourth-order valence-electron chi connectivity index (χ4n) is 2.91. The Kier molecular flexibility index (Phi) is 2.94. The number of hydrogen-bond donors (Lipinski definition) is 0. The van der Waals surface area contributed by atoms with Crippen LogP contribution in [-0.2, 0) is 9.59 Å². The third-order valence-corrected chi connectivity index (χ3v) is 4.24. The van der Waals surface area contributed by atoms with E-state index in [9.17, 15) is 9.59 Å². The zero-order chi connectivity index (χ0) is 13.6. The average molecular weight is 276 g/mol. The summed E-state index contributed by atoms with van der Waals surface area (Å²) in [6.07, 6.45) is 3.39. The molecule has 1 saturated heterocycles. The Hall–Kier alpha value is -1.61. The van der Waals surface area contributed by atoms with Gasteiger partial charge in [-0.2, -0.15) is 0 Å². The van der Waals surface area contributed by atoms with Crippen molar-refractivity contribution in [3.8, 4) is 0 Å². The maximum absolute atomic E-state index is 12.5. The number of carbonyl (C=O) groups is 2. The van der Waals surface area contributed by atoms with Gasteiger partial charge in [-0.25, -0.2) is 4.90 Å². The third kappa shape index (κ3) is 1.89. The largest absolute Gasteiger partial charge is 0.274 e. The summed E-state index contributed by atoms with van der Waals surface area (Å²) in [5.74, 6) is -0.663. The van der Waals surface area contributed by atoms with E-state index >= 15 is 0 Å². The van der Waals surface area contributed by atoms with Crippen LogP contribution in [0, 0.1) is 11.8 Å². The zero-order valence-electron chi connectivity index (χ0n) is 10.6. The van der Waals surface area contributed by atoms with Gasteiger partial charge in [0.2, 0.25) is 11.8 Å². The zero-order valence-corrected chi connectivity index (χ0v) is 11.4. The van der Waals surface area contributed by atoms with Crippen LogP contribution >= 0.6 is 11.6 Å². The first-order valence-corrected chi connectivity index (χ1v) is 6.75. The maximum Gasteiger partial charge on any atom is 0.238 e. The average Bonchev–Trinajstić information content (AvgIpc) is 2.63. The highest BCUT2D eigenvalue weighted by Crippen LogP contribution is 2.41. The van der Waals surface area contributed by atoms with E-state index in [1.54, 1.807) is 24.3 Å². The van der Waals surface area contributed by atoms with E-state index < -0.39 is 0 Å². The van der Waals surface area contributed by atoms with E-state index in [2.05, 4.69) is 6.08 Å². The molecule has 0 saturated carbocycles. The molecule has 0 N–H and O–H groups in total. The third-order valence-electron chi connectivity index (χ3n) is 3.92. The molecule has 1 aromatic carbocycles. The minimum absolute atomic E-state index is 0.115. The van der Waals surface area contributed by atoms with E-state index in [0.29, 0.717) is 23.6 Å². The molecule has 2 amide bonds. The molecule has 1 aliphatic carbocycles. The van der Waals surface area contributed by atoms with Crippen molar-refractivity contribution < 1.29 is 9.59 Å². The smallest absolute Gasteiger partial charge is 0.238 e. The van der Waals surface area contributed by atoms with Crippen LogP contribution in [-0.4, -0.2) is 11.8 Å². The highest BCUT2D eigenvalue weighted by molar-refractivity contribution is 6.36. The van der Waals surface area contributed by atoms with E-state index in [1.807, 2.05) is 6.92 Å². The summed E-state index contributed by atoms with van der Waals surface area (Å²) in [7, 11) is 0. The van der Waals surface area contributed by atoms with E-state index in [4.69, 9.17) is 11.6 Å². The number of allylic oxidation sites excluding steroid dienone is 2. The molecule has 1 heterocycles. The van der Waals surface area contributed by atoms with Crippen LogP contribution < -0.4 is 4.90 Å². The first-order chi connectivity index (χ1) is 9.09. The van der Waals surface area contributed by atoms with Crippen molar-refractivity contribution in [2.24, 2.45) is 11.8 Å². The van der Waals surface area contributed by atoms with E-state index in [0.717, 1.165) is 0 Å². The maximum atomic E-state index is 12.5. The second kappa shape index (κ2) is 4.49. The summed E-state index contributed by atoms with van der Waals surface area (Å²) in [5.41, 5.74) is 1.69. The molecule has 2 unspecified atom stereocenters. The van der Waals surface area contributed by atoms with Gasteiger partial charge < -0.3 is 0 Å². The van der Waals surface area contributed by atoms with Crippen LogP contribution in [0.5, 0.6) is 0 Å². The van der Waals surface area contributed by atoms with Crippen LogP contribution in [0.3, 0.4) is 0 Å². The van der Waals surface area contributed by atoms with Crippen molar-refractivity contribution >= 4 is 29.1 Å². The Labute approximate surface area is 116 Å². The van der Waals surface area contributed by atoms with Crippen molar-refractivity contribution in [1.82, 2.24) is 0 Å². The Morgan fingerprint density at radius 2 is 1.84 bits per heavy atom. The van der Waals surface area contributed by atoms with E-state index in [-0.39, 0.29) is 23.7 Å². The molecule has 1 fully saturated rings.